The molecule has 1 saturated carbocycles. The van der Waals surface area contributed by atoms with E-state index in [-0.39, 0.29) is 23.3 Å². The van der Waals surface area contributed by atoms with Crippen LogP contribution in [0.15, 0.2) is 0 Å². The van der Waals surface area contributed by atoms with Gasteiger partial charge in [0.2, 0.25) is 11.8 Å². The second-order valence-corrected chi connectivity index (χ2v) is 9.68. The molecule has 1 aliphatic carbocycles. The monoisotopic (exact) mass is 394 g/mol. The lowest BCUT2D eigenvalue weighted by molar-refractivity contribution is -0.149. The van der Waals surface area contributed by atoms with Crippen molar-refractivity contribution in [2.24, 2.45) is 11.3 Å². The van der Waals surface area contributed by atoms with E-state index >= 15 is 0 Å². The smallest absolute Gasteiger partial charge is 0.311 e. The third-order valence-corrected chi connectivity index (χ3v) is 6.33. The molecule has 28 heavy (non-hydrogen) atoms. The van der Waals surface area contributed by atoms with E-state index in [1.54, 1.807) is 0 Å². The lowest BCUT2D eigenvalue weighted by Gasteiger charge is -2.35. The Morgan fingerprint density at radius 2 is 1.75 bits per heavy atom. The lowest BCUT2D eigenvalue weighted by Crippen LogP contribution is -2.54. The summed E-state index contributed by atoms with van der Waals surface area (Å²) in [6, 6.07) is 0. The minimum Gasteiger partial charge on any atom is -0.481 e. The van der Waals surface area contributed by atoms with E-state index in [1.807, 2.05) is 30.6 Å². The molecule has 158 valence electrons. The predicted molar refractivity (Wildman–Crippen MR) is 105 cm³/mol. The number of piperazine rings is 1. The van der Waals surface area contributed by atoms with Gasteiger partial charge in [0.25, 0.3) is 0 Å². The predicted octanol–water partition coefficient (Wildman–Crippen LogP) is 0.232. The maximum absolute atomic E-state index is 12.7. The molecule has 0 unspecified atom stereocenters. The van der Waals surface area contributed by atoms with E-state index < -0.39 is 11.4 Å². The number of aliphatic carboxylic acids is 1. The number of rotatable bonds is 5. The molecule has 3 aliphatic rings. The lowest BCUT2D eigenvalue weighted by atomic mass is 9.81. The Morgan fingerprint density at radius 3 is 2.32 bits per heavy atom. The molecule has 8 nitrogen and oxygen atoms in total. The fourth-order valence-corrected chi connectivity index (χ4v) is 4.97. The Kier molecular flexibility index (Phi) is 6.00. The van der Waals surface area contributed by atoms with Gasteiger partial charge in [-0.2, -0.15) is 0 Å². The summed E-state index contributed by atoms with van der Waals surface area (Å²) < 4.78 is 0. The second kappa shape index (κ2) is 7.99. The van der Waals surface area contributed by atoms with Gasteiger partial charge in [-0.15, -0.1) is 0 Å². The Balaban J connectivity index is 1.44. The fraction of sp³-hybridized carbons (Fsp3) is 0.850. The van der Waals surface area contributed by atoms with Crippen LogP contribution in [0.4, 0.5) is 0 Å². The minimum absolute atomic E-state index is 0.00912. The summed E-state index contributed by atoms with van der Waals surface area (Å²) in [4.78, 5) is 42.5. The molecular weight excluding hydrogens is 360 g/mol. The summed E-state index contributed by atoms with van der Waals surface area (Å²) >= 11 is 0. The normalized spacial score (nSPS) is 29.0. The van der Waals surface area contributed by atoms with Gasteiger partial charge >= 0.3 is 5.97 Å². The van der Waals surface area contributed by atoms with E-state index in [4.69, 9.17) is 0 Å². The average molecular weight is 395 g/mol. The van der Waals surface area contributed by atoms with Crippen molar-refractivity contribution in [3.8, 4) is 0 Å². The first-order chi connectivity index (χ1) is 13.1. The highest BCUT2D eigenvalue weighted by Crippen LogP contribution is 2.48. The van der Waals surface area contributed by atoms with Crippen molar-refractivity contribution >= 4 is 17.8 Å². The zero-order valence-electron chi connectivity index (χ0n) is 17.4. The molecule has 0 aromatic heterocycles. The number of nitrogens with one attached hydrogen (secondary N) is 1. The van der Waals surface area contributed by atoms with Gasteiger partial charge < -0.3 is 15.3 Å². The van der Waals surface area contributed by atoms with E-state index in [0.717, 1.165) is 19.3 Å². The van der Waals surface area contributed by atoms with Gasteiger partial charge in [0.15, 0.2) is 0 Å². The van der Waals surface area contributed by atoms with Gasteiger partial charge in [0.05, 0.1) is 18.5 Å². The molecule has 8 heteroatoms. The average Bonchev–Trinajstić information content (AvgIpc) is 3.11. The van der Waals surface area contributed by atoms with Crippen LogP contribution in [0.5, 0.6) is 0 Å². The number of carbonyl (C=O) groups excluding carboxylic acids is 2. The van der Waals surface area contributed by atoms with Gasteiger partial charge in [-0.25, -0.2) is 0 Å². The van der Waals surface area contributed by atoms with E-state index in [2.05, 4.69) is 10.2 Å². The van der Waals surface area contributed by atoms with Gasteiger partial charge in [-0.1, -0.05) is 6.42 Å². The first kappa shape index (κ1) is 21.0. The molecule has 0 radical (unpaired) electrons. The maximum atomic E-state index is 12.7. The molecule has 0 bridgehead atoms. The van der Waals surface area contributed by atoms with Crippen molar-refractivity contribution in [2.45, 2.75) is 45.6 Å². The van der Waals surface area contributed by atoms with E-state index in [9.17, 15) is 19.5 Å². The number of likely N-dealkylation sites (tertiary alicyclic amines) is 1. The largest absolute Gasteiger partial charge is 0.481 e. The Labute approximate surface area is 167 Å². The number of hydrogen-bond acceptors (Lipinski definition) is 5. The highest BCUT2D eigenvalue weighted by molar-refractivity contribution is 5.80. The van der Waals surface area contributed by atoms with Crippen LogP contribution >= 0.6 is 0 Å². The highest BCUT2D eigenvalue weighted by atomic mass is 16.4. The van der Waals surface area contributed by atoms with Crippen LogP contribution in [-0.2, 0) is 14.4 Å². The summed E-state index contributed by atoms with van der Waals surface area (Å²) in [6.45, 7) is 10.3. The zero-order chi connectivity index (χ0) is 20.5. The number of nitrogens with zero attached hydrogens (tertiary/aromatic N) is 3. The van der Waals surface area contributed by atoms with Gasteiger partial charge in [-0.3, -0.25) is 24.2 Å². The molecule has 2 amide bonds. The summed E-state index contributed by atoms with van der Waals surface area (Å²) in [5, 5.41) is 12.7. The zero-order valence-corrected chi connectivity index (χ0v) is 17.4. The first-order valence-electron chi connectivity index (χ1n) is 10.4. The van der Waals surface area contributed by atoms with E-state index in [0.29, 0.717) is 52.4 Å². The second-order valence-electron chi connectivity index (χ2n) is 9.68. The number of carboxylic acid groups (broad SMARTS) is 1. The van der Waals surface area contributed by atoms with Gasteiger partial charge in [0, 0.05) is 44.8 Å². The molecule has 2 aliphatic heterocycles. The van der Waals surface area contributed by atoms with Crippen LogP contribution in [-0.4, -0.2) is 95.5 Å². The molecular formula is C20H34N4O4. The SMILES string of the molecule is CC(C)(C)NC(=O)CN1CCN(C(=O)CN2C[C@@H]3CCC[C@@]3(C(=O)O)C2)CC1. The molecule has 0 spiro atoms. The van der Waals surface area contributed by atoms with Crippen molar-refractivity contribution in [3.05, 3.63) is 0 Å². The Morgan fingerprint density at radius 1 is 1.07 bits per heavy atom. The third kappa shape index (κ3) is 4.66. The van der Waals surface area contributed by atoms with Crippen molar-refractivity contribution < 1.29 is 19.5 Å². The molecule has 3 fully saturated rings. The van der Waals surface area contributed by atoms with Crippen molar-refractivity contribution in [3.63, 3.8) is 0 Å². The standard InChI is InChI=1S/C20H34N4O4/c1-19(2,3)21-16(25)12-22-7-9-24(10-8-22)17(26)13-23-11-15-5-4-6-20(15,14-23)18(27)28/h15H,4-14H2,1-3H3,(H,21,25)(H,27,28)/t15-,20+/m0/s1. The summed E-state index contributed by atoms with van der Waals surface area (Å²) in [7, 11) is 0. The van der Waals surface area contributed by atoms with Crippen molar-refractivity contribution in [2.75, 3.05) is 52.4 Å². The highest BCUT2D eigenvalue weighted by Gasteiger charge is 2.54. The Bertz CT molecular complexity index is 624. The van der Waals surface area contributed by atoms with Crippen LogP contribution in [0.2, 0.25) is 0 Å². The topological polar surface area (TPSA) is 93.2 Å². The molecule has 0 aromatic carbocycles. The minimum atomic E-state index is -0.702. The van der Waals surface area contributed by atoms with Gasteiger partial charge in [0.1, 0.15) is 0 Å². The van der Waals surface area contributed by atoms with Crippen LogP contribution in [0.3, 0.4) is 0 Å². The number of carboxylic acids is 1. The quantitative estimate of drug-likeness (QED) is 0.694. The van der Waals surface area contributed by atoms with E-state index in [1.165, 1.54) is 0 Å². The first-order valence-corrected chi connectivity index (χ1v) is 10.4. The van der Waals surface area contributed by atoms with Crippen LogP contribution in [0.25, 0.3) is 0 Å². The molecule has 2 N–H and O–H groups in total. The van der Waals surface area contributed by atoms with Crippen molar-refractivity contribution in [1.29, 1.82) is 0 Å². The number of amides is 2. The number of fused-ring (bicyclic) bond motifs is 1. The van der Waals surface area contributed by atoms with Crippen LogP contribution in [0, 0.1) is 11.3 Å². The summed E-state index contributed by atoms with van der Waals surface area (Å²) in [6.07, 6.45) is 2.66. The Hall–Kier alpha value is -1.67. The summed E-state index contributed by atoms with van der Waals surface area (Å²) in [5.74, 6) is -0.447. The molecule has 2 saturated heterocycles. The molecule has 2 heterocycles. The van der Waals surface area contributed by atoms with Gasteiger partial charge in [-0.05, 0) is 39.5 Å². The maximum Gasteiger partial charge on any atom is 0.311 e. The number of carbonyl (C=O) groups is 3. The third-order valence-electron chi connectivity index (χ3n) is 6.33. The fourth-order valence-electron chi connectivity index (χ4n) is 4.97. The molecule has 2 atom stereocenters. The molecule has 3 rings (SSSR count). The summed E-state index contributed by atoms with van der Waals surface area (Å²) in [5.41, 5.74) is -0.879. The molecule has 0 aromatic rings. The number of hydrogen-bond donors (Lipinski definition) is 2. The van der Waals surface area contributed by atoms with Crippen LogP contribution in [0.1, 0.15) is 40.0 Å². The van der Waals surface area contributed by atoms with Crippen LogP contribution < -0.4 is 5.32 Å². The van der Waals surface area contributed by atoms with Crippen molar-refractivity contribution in [1.82, 2.24) is 20.0 Å².